The second kappa shape index (κ2) is 6.48. The van der Waals surface area contributed by atoms with E-state index in [1.165, 1.54) is 5.31 Å². The number of allylic oxidation sites excluding steroid dienone is 1. The lowest BCUT2D eigenvalue weighted by Crippen LogP contribution is -1.94. The van der Waals surface area contributed by atoms with Gasteiger partial charge in [0, 0.05) is 0 Å². The SMILES string of the molecule is CCO/C=C(/PC(C)C)C(C)C. The van der Waals surface area contributed by atoms with Gasteiger partial charge in [-0.2, -0.15) is 0 Å². The van der Waals surface area contributed by atoms with Crippen LogP contribution in [0.5, 0.6) is 0 Å². The molecule has 0 heterocycles. The zero-order valence-corrected chi connectivity index (χ0v) is 9.85. The van der Waals surface area contributed by atoms with Crippen LogP contribution in [0.1, 0.15) is 34.6 Å². The van der Waals surface area contributed by atoms with Crippen LogP contribution in [0, 0.1) is 5.92 Å². The van der Waals surface area contributed by atoms with E-state index in [1.54, 1.807) is 0 Å². The zero-order chi connectivity index (χ0) is 9.56. The van der Waals surface area contributed by atoms with Gasteiger partial charge in [-0.05, 0) is 23.8 Å². The first-order valence-electron chi connectivity index (χ1n) is 4.66. The van der Waals surface area contributed by atoms with Crippen molar-refractivity contribution in [1.29, 1.82) is 0 Å². The van der Waals surface area contributed by atoms with Crippen molar-refractivity contribution in [3.63, 3.8) is 0 Å². The molecule has 0 bridgehead atoms. The summed E-state index contributed by atoms with van der Waals surface area (Å²) < 4.78 is 5.30. The van der Waals surface area contributed by atoms with Crippen LogP contribution in [0.25, 0.3) is 0 Å². The van der Waals surface area contributed by atoms with Gasteiger partial charge in [0.1, 0.15) is 0 Å². The summed E-state index contributed by atoms with van der Waals surface area (Å²) in [5, 5.41) is 1.45. The first-order valence-corrected chi connectivity index (χ1v) is 5.73. The Hall–Kier alpha value is -0.0300. The molecular weight excluding hydrogens is 167 g/mol. The van der Waals surface area contributed by atoms with Crippen LogP contribution >= 0.6 is 8.58 Å². The fraction of sp³-hybridized carbons (Fsp3) is 0.800. The summed E-state index contributed by atoms with van der Waals surface area (Å²) in [6.45, 7) is 11.7. The molecule has 12 heavy (non-hydrogen) atoms. The normalized spacial score (nSPS) is 13.8. The maximum absolute atomic E-state index is 5.30. The Labute approximate surface area is 78.4 Å². The second-order valence-electron chi connectivity index (χ2n) is 3.48. The van der Waals surface area contributed by atoms with Crippen LogP contribution in [0.2, 0.25) is 0 Å². The van der Waals surface area contributed by atoms with Gasteiger partial charge in [0.05, 0.1) is 12.9 Å². The van der Waals surface area contributed by atoms with Gasteiger partial charge >= 0.3 is 0 Å². The van der Waals surface area contributed by atoms with E-state index in [2.05, 4.69) is 27.7 Å². The molecule has 1 atom stereocenters. The van der Waals surface area contributed by atoms with E-state index >= 15 is 0 Å². The number of ether oxygens (including phenoxy) is 1. The standard InChI is InChI=1S/C10H21OP/c1-6-11-7-10(8(2)3)12-9(4)5/h7-9,12H,6H2,1-5H3/b10-7+. The minimum absolute atomic E-state index is 0.622. The van der Waals surface area contributed by atoms with Gasteiger partial charge in [0.25, 0.3) is 0 Å². The average Bonchev–Trinajstić information content (AvgIpc) is 1.96. The lowest BCUT2D eigenvalue weighted by Gasteiger charge is -2.13. The highest BCUT2D eigenvalue weighted by Crippen LogP contribution is 2.34. The third-order valence-electron chi connectivity index (χ3n) is 1.45. The zero-order valence-electron chi connectivity index (χ0n) is 8.85. The van der Waals surface area contributed by atoms with Crippen LogP contribution in [0.15, 0.2) is 11.6 Å². The Morgan fingerprint density at radius 1 is 1.33 bits per heavy atom. The predicted octanol–water partition coefficient (Wildman–Crippen LogP) is 3.61. The van der Waals surface area contributed by atoms with Crippen molar-refractivity contribution in [3.8, 4) is 0 Å². The van der Waals surface area contributed by atoms with Gasteiger partial charge in [-0.15, -0.1) is 0 Å². The molecular formula is C10H21OP. The number of hydrogen-bond acceptors (Lipinski definition) is 1. The molecule has 0 aromatic rings. The van der Waals surface area contributed by atoms with E-state index in [0.29, 0.717) is 5.92 Å². The van der Waals surface area contributed by atoms with E-state index < -0.39 is 0 Å². The molecule has 72 valence electrons. The van der Waals surface area contributed by atoms with E-state index in [-0.39, 0.29) is 0 Å². The van der Waals surface area contributed by atoms with E-state index in [4.69, 9.17) is 4.74 Å². The first-order chi connectivity index (χ1) is 5.57. The van der Waals surface area contributed by atoms with Gasteiger partial charge < -0.3 is 4.74 Å². The molecule has 0 amide bonds. The number of rotatable bonds is 5. The summed E-state index contributed by atoms with van der Waals surface area (Å²) in [6, 6.07) is 0. The fourth-order valence-corrected chi connectivity index (χ4v) is 1.99. The summed E-state index contributed by atoms with van der Waals surface area (Å²) >= 11 is 0. The molecule has 1 unspecified atom stereocenters. The van der Waals surface area contributed by atoms with Crippen molar-refractivity contribution in [2.45, 2.75) is 40.3 Å². The number of hydrogen-bond donors (Lipinski definition) is 0. The molecule has 0 aliphatic carbocycles. The summed E-state index contributed by atoms with van der Waals surface area (Å²) in [4.78, 5) is 0. The molecule has 1 nitrogen and oxygen atoms in total. The molecule has 0 saturated heterocycles. The largest absolute Gasteiger partial charge is 0.501 e. The van der Waals surface area contributed by atoms with Crippen molar-refractivity contribution in [2.24, 2.45) is 5.92 Å². The molecule has 0 N–H and O–H groups in total. The Bertz CT molecular complexity index is 139. The van der Waals surface area contributed by atoms with E-state index in [0.717, 1.165) is 20.8 Å². The molecule has 0 radical (unpaired) electrons. The molecule has 0 aromatic heterocycles. The summed E-state index contributed by atoms with van der Waals surface area (Å²) in [5.74, 6) is 0.622. The molecule has 0 spiro atoms. The maximum atomic E-state index is 5.30. The molecule has 0 fully saturated rings. The second-order valence-corrected chi connectivity index (χ2v) is 5.50. The smallest absolute Gasteiger partial charge is 0.0865 e. The lowest BCUT2D eigenvalue weighted by atomic mass is 10.2. The summed E-state index contributed by atoms with van der Waals surface area (Å²) in [6.07, 6.45) is 1.95. The van der Waals surface area contributed by atoms with Gasteiger partial charge in [0.2, 0.25) is 0 Å². The van der Waals surface area contributed by atoms with Crippen molar-refractivity contribution in [1.82, 2.24) is 0 Å². The van der Waals surface area contributed by atoms with Gasteiger partial charge in [-0.1, -0.05) is 36.3 Å². The Balaban J connectivity index is 4.03. The summed E-state index contributed by atoms with van der Waals surface area (Å²) in [5.41, 5.74) is 0.749. The lowest BCUT2D eigenvalue weighted by molar-refractivity contribution is 0.266. The minimum atomic E-state index is 0.622. The molecule has 0 aliphatic heterocycles. The van der Waals surface area contributed by atoms with Crippen LogP contribution in [0.4, 0.5) is 0 Å². The van der Waals surface area contributed by atoms with Crippen LogP contribution < -0.4 is 0 Å². The monoisotopic (exact) mass is 188 g/mol. The van der Waals surface area contributed by atoms with E-state index in [1.807, 2.05) is 13.2 Å². The molecule has 0 rings (SSSR count). The molecule has 0 aromatic carbocycles. The van der Waals surface area contributed by atoms with E-state index in [9.17, 15) is 0 Å². The highest BCUT2D eigenvalue weighted by Gasteiger charge is 2.05. The average molecular weight is 188 g/mol. The topological polar surface area (TPSA) is 9.23 Å². The van der Waals surface area contributed by atoms with Gasteiger partial charge in [0.15, 0.2) is 0 Å². The van der Waals surface area contributed by atoms with Crippen molar-refractivity contribution < 1.29 is 4.74 Å². The Morgan fingerprint density at radius 3 is 2.25 bits per heavy atom. The predicted molar refractivity (Wildman–Crippen MR) is 58.0 cm³/mol. The summed E-state index contributed by atoms with van der Waals surface area (Å²) in [7, 11) is 0.906. The third-order valence-corrected chi connectivity index (χ3v) is 3.06. The van der Waals surface area contributed by atoms with Crippen molar-refractivity contribution in [2.75, 3.05) is 6.61 Å². The quantitative estimate of drug-likeness (QED) is 0.473. The maximum Gasteiger partial charge on any atom is 0.0865 e. The Kier molecular flexibility index (Phi) is 6.47. The van der Waals surface area contributed by atoms with Gasteiger partial charge in [-0.25, -0.2) is 0 Å². The van der Waals surface area contributed by atoms with Gasteiger partial charge in [-0.3, -0.25) is 0 Å². The first kappa shape index (κ1) is 12.0. The van der Waals surface area contributed by atoms with Crippen molar-refractivity contribution >= 4 is 8.58 Å². The molecule has 0 aliphatic rings. The third kappa shape index (κ3) is 5.60. The highest BCUT2D eigenvalue weighted by atomic mass is 31.1. The van der Waals surface area contributed by atoms with Crippen molar-refractivity contribution in [3.05, 3.63) is 11.6 Å². The van der Waals surface area contributed by atoms with Crippen LogP contribution in [0.3, 0.4) is 0 Å². The van der Waals surface area contributed by atoms with Crippen LogP contribution in [-0.2, 0) is 4.74 Å². The Morgan fingerprint density at radius 2 is 1.92 bits per heavy atom. The van der Waals surface area contributed by atoms with Crippen LogP contribution in [-0.4, -0.2) is 12.3 Å². The fourth-order valence-electron chi connectivity index (χ4n) is 0.843. The molecule has 2 heteroatoms. The highest BCUT2D eigenvalue weighted by molar-refractivity contribution is 7.43. The minimum Gasteiger partial charge on any atom is -0.501 e. The molecule has 0 saturated carbocycles.